The Bertz CT molecular complexity index is 307. The van der Waals surface area contributed by atoms with Crippen molar-refractivity contribution in [3.63, 3.8) is 0 Å². The predicted octanol–water partition coefficient (Wildman–Crippen LogP) is 3.32. The molecule has 0 aromatic heterocycles. The van der Waals surface area contributed by atoms with E-state index in [4.69, 9.17) is 16.3 Å². The van der Waals surface area contributed by atoms with Crippen molar-refractivity contribution in [2.75, 3.05) is 25.1 Å². The molecule has 1 rings (SSSR count). The summed E-state index contributed by atoms with van der Waals surface area (Å²) in [5, 5.41) is 3.60. The summed E-state index contributed by atoms with van der Waals surface area (Å²) in [6.45, 7) is 4.11. The Morgan fingerprint density at radius 2 is 2.27 bits per heavy atom. The highest BCUT2D eigenvalue weighted by atomic mass is 35.5. The van der Waals surface area contributed by atoms with E-state index in [9.17, 15) is 4.39 Å². The zero-order chi connectivity index (χ0) is 11.1. The van der Waals surface area contributed by atoms with Crippen LogP contribution in [0.4, 0.5) is 10.1 Å². The monoisotopic (exact) mass is 231 g/mol. The van der Waals surface area contributed by atoms with Gasteiger partial charge in [0, 0.05) is 19.8 Å². The van der Waals surface area contributed by atoms with Crippen LogP contribution in [0.25, 0.3) is 0 Å². The van der Waals surface area contributed by atoms with Gasteiger partial charge in [0.1, 0.15) is 5.82 Å². The van der Waals surface area contributed by atoms with Crippen molar-refractivity contribution in [1.82, 2.24) is 0 Å². The molecule has 0 unspecified atom stereocenters. The summed E-state index contributed by atoms with van der Waals surface area (Å²) < 4.78 is 18.0. The number of hydrogen-bond acceptors (Lipinski definition) is 2. The molecule has 0 heterocycles. The molecule has 15 heavy (non-hydrogen) atoms. The van der Waals surface area contributed by atoms with Crippen LogP contribution in [0.2, 0.25) is 5.02 Å². The van der Waals surface area contributed by atoms with Gasteiger partial charge in [-0.25, -0.2) is 4.39 Å². The summed E-state index contributed by atoms with van der Waals surface area (Å²) in [7, 11) is 0. The topological polar surface area (TPSA) is 21.3 Å². The van der Waals surface area contributed by atoms with Gasteiger partial charge in [-0.15, -0.1) is 0 Å². The number of ether oxygens (including phenoxy) is 1. The molecule has 2 nitrogen and oxygen atoms in total. The molecule has 1 aromatic carbocycles. The summed E-state index contributed by atoms with van der Waals surface area (Å²) in [5.41, 5.74) is 0.633. The first-order chi connectivity index (χ1) is 7.24. The quantitative estimate of drug-likeness (QED) is 0.759. The molecule has 84 valence electrons. The minimum Gasteiger partial charge on any atom is -0.384 e. The minimum absolute atomic E-state index is 0.285. The zero-order valence-electron chi connectivity index (χ0n) is 8.72. The Morgan fingerprint density at radius 3 is 3.00 bits per heavy atom. The summed E-state index contributed by atoms with van der Waals surface area (Å²) >= 11 is 5.88. The standard InChI is InChI=1S/C11H15ClFNO/c1-2-15-7-3-6-14-11-8-9(13)4-5-10(11)12/h4-5,8,14H,2-3,6-7H2,1H3. The van der Waals surface area contributed by atoms with Crippen molar-refractivity contribution < 1.29 is 9.13 Å². The largest absolute Gasteiger partial charge is 0.384 e. The van der Waals surface area contributed by atoms with Gasteiger partial charge in [-0.05, 0) is 31.5 Å². The number of rotatable bonds is 6. The van der Waals surface area contributed by atoms with Gasteiger partial charge in [-0.3, -0.25) is 0 Å². The van der Waals surface area contributed by atoms with Crippen LogP contribution in [0.15, 0.2) is 18.2 Å². The first-order valence-corrected chi connectivity index (χ1v) is 5.38. The highest BCUT2D eigenvalue weighted by molar-refractivity contribution is 6.33. The Hall–Kier alpha value is -0.800. The van der Waals surface area contributed by atoms with Crippen molar-refractivity contribution >= 4 is 17.3 Å². The molecule has 0 bridgehead atoms. The highest BCUT2D eigenvalue weighted by Gasteiger charge is 2.00. The van der Waals surface area contributed by atoms with Gasteiger partial charge in [0.05, 0.1) is 10.7 Å². The molecule has 0 aliphatic heterocycles. The van der Waals surface area contributed by atoms with Gasteiger partial charge >= 0.3 is 0 Å². The van der Waals surface area contributed by atoms with E-state index in [1.54, 1.807) is 6.07 Å². The third kappa shape index (κ3) is 4.49. The van der Waals surface area contributed by atoms with Gasteiger partial charge in [-0.1, -0.05) is 11.6 Å². The average molecular weight is 232 g/mol. The molecule has 0 aliphatic carbocycles. The van der Waals surface area contributed by atoms with Crippen molar-refractivity contribution in [1.29, 1.82) is 0 Å². The average Bonchev–Trinajstić information content (AvgIpc) is 2.23. The maximum atomic E-state index is 12.9. The van der Waals surface area contributed by atoms with E-state index < -0.39 is 0 Å². The van der Waals surface area contributed by atoms with E-state index >= 15 is 0 Å². The number of benzene rings is 1. The van der Waals surface area contributed by atoms with E-state index in [0.717, 1.165) is 19.6 Å². The highest BCUT2D eigenvalue weighted by Crippen LogP contribution is 2.22. The van der Waals surface area contributed by atoms with Crippen molar-refractivity contribution in [2.24, 2.45) is 0 Å². The third-order valence-corrected chi connectivity index (χ3v) is 2.24. The lowest BCUT2D eigenvalue weighted by Crippen LogP contribution is -2.06. The smallest absolute Gasteiger partial charge is 0.125 e. The van der Waals surface area contributed by atoms with Crippen molar-refractivity contribution in [3.8, 4) is 0 Å². The normalized spacial score (nSPS) is 10.3. The maximum absolute atomic E-state index is 12.9. The molecule has 0 spiro atoms. The molecule has 1 aromatic rings. The predicted molar refractivity (Wildman–Crippen MR) is 61.0 cm³/mol. The van der Waals surface area contributed by atoms with E-state index in [0.29, 0.717) is 17.3 Å². The van der Waals surface area contributed by atoms with Crippen LogP contribution in [-0.2, 0) is 4.74 Å². The van der Waals surface area contributed by atoms with Gasteiger partial charge in [-0.2, -0.15) is 0 Å². The van der Waals surface area contributed by atoms with Crippen LogP contribution >= 0.6 is 11.6 Å². The zero-order valence-corrected chi connectivity index (χ0v) is 9.48. The Balaban J connectivity index is 2.33. The molecule has 0 fully saturated rings. The van der Waals surface area contributed by atoms with Crippen LogP contribution in [0.5, 0.6) is 0 Å². The molecule has 0 amide bonds. The fourth-order valence-electron chi connectivity index (χ4n) is 1.17. The Kier molecular flexibility index (Phi) is 5.43. The number of anilines is 1. The van der Waals surface area contributed by atoms with E-state index in [-0.39, 0.29) is 5.82 Å². The minimum atomic E-state index is -0.285. The maximum Gasteiger partial charge on any atom is 0.125 e. The number of hydrogen-bond donors (Lipinski definition) is 1. The SMILES string of the molecule is CCOCCCNc1cc(F)ccc1Cl. The van der Waals surface area contributed by atoms with E-state index in [2.05, 4.69) is 5.32 Å². The van der Waals surface area contributed by atoms with Gasteiger partial charge < -0.3 is 10.1 Å². The molecular formula is C11H15ClFNO. The lowest BCUT2D eigenvalue weighted by Gasteiger charge is -2.08. The van der Waals surface area contributed by atoms with E-state index in [1.165, 1.54) is 12.1 Å². The van der Waals surface area contributed by atoms with Crippen LogP contribution in [-0.4, -0.2) is 19.8 Å². The second-order valence-electron chi connectivity index (χ2n) is 3.10. The lowest BCUT2D eigenvalue weighted by atomic mass is 10.3. The van der Waals surface area contributed by atoms with Crippen LogP contribution in [0.3, 0.4) is 0 Å². The fourth-order valence-corrected chi connectivity index (χ4v) is 1.36. The van der Waals surface area contributed by atoms with Crippen LogP contribution < -0.4 is 5.32 Å². The third-order valence-electron chi connectivity index (χ3n) is 1.91. The summed E-state index contributed by atoms with van der Waals surface area (Å²) in [5.74, 6) is -0.285. The first-order valence-electron chi connectivity index (χ1n) is 5.00. The molecule has 0 aliphatic rings. The lowest BCUT2D eigenvalue weighted by molar-refractivity contribution is 0.147. The van der Waals surface area contributed by atoms with Crippen molar-refractivity contribution in [2.45, 2.75) is 13.3 Å². The van der Waals surface area contributed by atoms with Crippen LogP contribution in [0.1, 0.15) is 13.3 Å². The van der Waals surface area contributed by atoms with Crippen molar-refractivity contribution in [3.05, 3.63) is 29.0 Å². The fraction of sp³-hybridized carbons (Fsp3) is 0.455. The Labute approximate surface area is 94.4 Å². The molecule has 0 saturated carbocycles. The first kappa shape index (κ1) is 12.3. The second-order valence-corrected chi connectivity index (χ2v) is 3.51. The summed E-state index contributed by atoms with van der Waals surface area (Å²) in [6, 6.07) is 4.28. The second kappa shape index (κ2) is 6.64. The number of nitrogens with one attached hydrogen (secondary N) is 1. The molecule has 0 radical (unpaired) electrons. The van der Waals surface area contributed by atoms with Crippen LogP contribution in [0, 0.1) is 5.82 Å². The molecular weight excluding hydrogens is 217 g/mol. The summed E-state index contributed by atoms with van der Waals surface area (Å²) in [4.78, 5) is 0. The molecule has 4 heteroatoms. The van der Waals surface area contributed by atoms with E-state index in [1.807, 2.05) is 6.92 Å². The Morgan fingerprint density at radius 1 is 1.47 bits per heavy atom. The number of halogens is 2. The molecule has 0 atom stereocenters. The van der Waals surface area contributed by atoms with Gasteiger partial charge in [0.15, 0.2) is 0 Å². The molecule has 0 saturated heterocycles. The summed E-state index contributed by atoms with van der Waals surface area (Å²) in [6.07, 6.45) is 0.876. The van der Waals surface area contributed by atoms with Gasteiger partial charge in [0.2, 0.25) is 0 Å². The molecule has 1 N–H and O–H groups in total. The van der Waals surface area contributed by atoms with Gasteiger partial charge in [0.25, 0.3) is 0 Å².